The number of nitrogen functional groups attached to an aromatic ring is 1. The van der Waals surface area contributed by atoms with Crippen LogP contribution in [0.2, 0.25) is 0 Å². The number of anilines is 1. The van der Waals surface area contributed by atoms with Crippen LogP contribution in [0.5, 0.6) is 0 Å². The number of thiazole rings is 1. The number of nitrogens with one attached hydrogen (secondary N) is 1. The normalized spacial score (nSPS) is 9.75. The topological polar surface area (TPSA) is 120 Å². The molecule has 0 aliphatic carbocycles. The molecule has 88 valence electrons. The molecule has 7 nitrogen and oxygen atoms in total. The average Bonchev–Trinajstić information content (AvgIpc) is 2.58. The van der Waals surface area contributed by atoms with Crippen molar-refractivity contribution in [3.05, 3.63) is 11.1 Å². The molecule has 5 N–H and O–H groups in total. The highest BCUT2D eigenvalue weighted by atomic mass is 32.1. The SMILES string of the molecule is NC(=O)OCCNC(=O)Cc1csc(N)n1. The van der Waals surface area contributed by atoms with Crippen LogP contribution in [0.25, 0.3) is 0 Å². The number of hydrogen-bond acceptors (Lipinski definition) is 6. The van der Waals surface area contributed by atoms with Crippen molar-refractivity contribution < 1.29 is 14.3 Å². The highest BCUT2D eigenvalue weighted by Gasteiger charge is 2.06. The van der Waals surface area contributed by atoms with Gasteiger partial charge in [0.1, 0.15) is 6.61 Å². The van der Waals surface area contributed by atoms with Gasteiger partial charge in [-0.15, -0.1) is 11.3 Å². The van der Waals surface area contributed by atoms with E-state index >= 15 is 0 Å². The third kappa shape index (κ3) is 4.60. The lowest BCUT2D eigenvalue weighted by atomic mass is 10.3. The van der Waals surface area contributed by atoms with Gasteiger partial charge in [0.05, 0.1) is 18.7 Å². The Bertz CT molecular complexity index is 379. The van der Waals surface area contributed by atoms with Crippen LogP contribution in [0.1, 0.15) is 5.69 Å². The van der Waals surface area contributed by atoms with Crippen LogP contribution in [0.15, 0.2) is 5.38 Å². The molecule has 0 radical (unpaired) electrons. The summed E-state index contributed by atoms with van der Waals surface area (Å²) in [6.07, 6.45) is -0.703. The van der Waals surface area contributed by atoms with Crippen LogP contribution in [-0.4, -0.2) is 30.1 Å². The van der Waals surface area contributed by atoms with E-state index in [9.17, 15) is 9.59 Å². The summed E-state index contributed by atoms with van der Waals surface area (Å²) < 4.78 is 4.44. The van der Waals surface area contributed by atoms with Gasteiger partial charge < -0.3 is 21.5 Å². The Morgan fingerprint density at radius 1 is 1.56 bits per heavy atom. The molecule has 2 amide bonds. The quantitative estimate of drug-likeness (QED) is 0.602. The van der Waals surface area contributed by atoms with Crippen molar-refractivity contribution in [2.45, 2.75) is 6.42 Å². The molecule has 0 spiro atoms. The van der Waals surface area contributed by atoms with E-state index in [-0.39, 0.29) is 25.5 Å². The Labute approximate surface area is 95.8 Å². The molecule has 0 aromatic carbocycles. The predicted molar refractivity (Wildman–Crippen MR) is 58.8 cm³/mol. The fraction of sp³-hybridized carbons (Fsp3) is 0.375. The van der Waals surface area contributed by atoms with Crippen molar-refractivity contribution in [3.63, 3.8) is 0 Å². The summed E-state index contributed by atoms with van der Waals surface area (Å²) in [4.78, 5) is 25.4. The molecule has 8 heteroatoms. The van der Waals surface area contributed by atoms with Gasteiger partial charge in [0.25, 0.3) is 0 Å². The number of primary amides is 1. The first-order valence-corrected chi connectivity index (χ1v) is 5.34. The van der Waals surface area contributed by atoms with E-state index in [4.69, 9.17) is 11.5 Å². The second kappa shape index (κ2) is 5.91. The van der Waals surface area contributed by atoms with E-state index in [1.165, 1.54) is 11.3 Å². The Kier molecular flexibility index (Phi) is 4.52. The van der Waals surface area contributed by atoms with Crippen molar-refractivity contribution in [2.24, 2.45) is 5.73 Å². The van der Waals surface area contributed by atoms with Gasteiger partial charge in [-0.05, 0) is 0 Å². The molecule has 0 atom stereocenters. The molecule has 0 fully saturated rings. The largest absolute Gasteiger partial charge is 0.448 e. The van der Waals surface area contributed by atoms with Crippen molar-refractivity contribution in [1.82, 2.24) is 10.3 Å². The summed E-state index contributed by atoms with van der Waals surface area (Å²) in [6, 6.07) is 0. The van der Waals surface area contributed by atoms with Gasteiger partial charge in [0, 0.05) is 5.38 Å². The fourth-order valence-corrected chi connectivity index (χ4v) is 1.54. The number of carbonyl (C=O) groups excluding carboxylic acids is 2. The third-order valence-electron chi connectivity index (χ3n) is 1.58. The third-order valence-corrected chi connectivity index (χ3v) is 2.30. The predicted octanol–water partition coefficient (Wildman–Crippen LogP) is -0.521. The minimum atomic E-state index is -0.860. The number of rotatable bonds is 5. The van der Waals surface area contributed by atoms with Gasteiger partial charge in [-0.25, -0.2) is 9.78 Å². The molecular formula is C8H12N4O3S. The van der Waals surface area contributed by atoms with Crippen LogP contribution >= 0.6 is 11.3 Å². The monoisotopic (exact) mass is 244 g/mol. The molecule has 0 bridgehead atoms. The number of ether oxygens (including phenoxy) is 1. The summed E-state index contributed by atoms with van der Waals surface area (Å²) in [6.45, 7) is 0.279. The van der Waals surface area contributed by atoms with Crippen LogP contribution < -0.4 is 16.8 Å². The Morgan fingerprint density at radius 3 is 2.88 bits per heavy atom. The van der Waals surface area contributed by atoms with E-state index < -0.39 is 6.09 Å². The zero-order valence-electron chi connectivity index (χ0n) is 8.43. The second-order valence-electron chi connectivity index (χ2n) is 2.87. The minimum Gasteiger partial charge on any atom is -0.448 e. The molecule has 0 unspecified atom stereocenters. The first kappa shape index (κ1) is 12.2. The first-order valence-electron chi connectivity index (χ1n) is 4.46. The number of hydrogen-bond donors (Lipinski definition) is 3. The maximum atomic E-state index is 11.3. The standard InChI is InChI=1S/C8H12N4O3S/c9-7-12-5(4-16-7)3-6(13)11-1-2-15-8(10)14/h4H,1-3H2,(H2,9,12)(H2,10,14)(H,11,13). The van der Waals surface area contributed by atoms with Crippen molar-refractivity contribution >= 4 is 28.5 Å². The van der Waals surface area contributed by atoms with Gasteiger partial charge >= 0.3 is 6.09 Å². The number of carbonyl (C=O) groups is 2. The number of nitrogens with zero attached hydrogens (tertiary/aromatic N) is 1. The minimum absolute atomic E-state index is 0.0558. The highest BCUT2D eigenvalue weighted by molar-refractivity contribution is 7.13. The van der Waals surface area contributed by atoms with Crippen molar-refractivity contribution in [3.8, 4) is 0 Å². The van der Waals surface area contributed by atoms with Gasteiger partial charge in [0.15, 0.2) is 5.13 Å². The molecule has 16 heavy (non-hydrogen) atoms. The van der Waals surface area contributed by atoms with Crippen LogP contribution in [0, 0.1) is 0 Å². The highest BCUT2D eigenvalue weighted by Crippen LogP contribution is 2.10. The number of nitrogens with two attached hydrogens (primary N) is 2. The van der Waals surface area contributed by atoms with E-state index in [2.05, 4.69) is 15.0 Å². The molecule has 1 rings (SSSR count). The second-order valence-corrected chi connectivity index (χ2v) is 3.76. The Balaban J connectivity index is 2.18. The smallest absolute Gasteiger partial charge is 0.404 e. The molecule has 0 aliphatic rings. The van der Waals surface area contributed by atoms with Crippen LogP contribution in [-0.2, 0) is 16.0 Å². The summed E-state index contributed by atoms with van der Waals surface area (Å²) >= 11 is 1.28. The molecule has 1 aromatic rings. The Hall–Kier alpha value is -1.83. The van der Waals surface area contributed by atoms with Gasteiger partial charge in [-0.1, -0.05) is 0 Å². The van der Waals surface area contributed by atoms with Crippen molar-refractivity contribution in [1.29, 1.82) is 0 Å². The zero-order valence-corrected chi connectivity index (χ0v) is 9.25. The average molecular weight is 244 g/mol. The summed E-state index contributed by atoms with van der Waals surface area (Å²) in [7, 11) is 0. The van der Waals surface area contributed by atoms with E-state index in [1.807, 2.05) is 0 Å². The van der Waals surface area contributed by atoms with E-state index in [0.29, 0.717) is 10.8 Å². The molecule has 0 aliphatic heterocycles. The number of aromatic nitrogens is 1. The van der Waals surface area contributed by atoms with Crippen LogP contribution in [0.3, 0.4) is 0 Å². The molecule has 0 saturated heterocycles. The molecule has 0 saturated carbocycles. The molecular weight excluding hydrogens is 232 g/mol. The van der Waals surface area contributed by atoms with E-state index in [1.54, 1.807) is 5.38 Å². The Morgan fingerprint density at radius 2 is 2.31 bits per heavy atom. The number of amides is 2. The van der Waals surface area contributed by atoms with Crippen LogP contribution in [0.4, 0.5) is 9.93 Å². The first-order chi connectivity index (χ1) is 7.58. The van der Waals surface area contributed by atoms with Gasteiger partial charge in [-0.2, -0.15) is 0 Å². The zero-order chi connectivity index (χ0) is 12.0. The van der Waals surface area contributed by atoms with E-state index in [0.717, 1.165) is 0 Å². The lowest BCUT2D eigenvalue weighted by Crippen LogP contribution is -2.30. The summed E-state index contributed by atoms with van der Waals surface area (Å²) in [5.41, 5.74) is 10.8. The maximum Gasteiger partial charge on any atom is 0.404 e. The maximum absolute atomic E-state index is 11.3. The fourth-order valence-electron chi connectivity index (χ4n) is 0.973. The van der Waals surface area contributed by atoms with Crippen molar-refractivity contribution in [2.75, 3.05) is 18.9 Å². The molecule has 1 aromatic heterocycles. The lowest BCUT2D eigenvalue weighted by molar-refractivity contribution is -0.120. The summed E-state index contributed by atoms with van der Waals surface area (Å²) in [5, 5.41) is 4.70. The van der Waals surface area contributed by atoms with Gasteiger partial charge in [0.2, 0.25) is 5.91 Å². The van der Waals surface area contributed by atoms with Gasteiger partial charge in [-0.3, -0.25) is 4.79 Å². The lowest BCUT2D eigenvalue weighted by Gasteiger charge is -2.03. The molecule has 1 heterocycles. The summed E-state index contributed by atoms with van der Waals surface area (Å²) in [5.74, 6) is -0.210.